The van der Waals surface area contributed by atoms with Crippen molar-refractivity contribution in [1.29, 1.82) is 0 Å². The highest BCUT2D eigenvalue weighted by Gasteiger charge is 2.45. The van der Waals surface area contributed by atoms with Crippen molar-refractivity contribution in [1.82, 2.24) is 5.32 Å². The summed E-state index contributed by atoms with van der Waals surface area (Å²) in [5.74, 6) is -1.76. The fourth-order valence-electron chi connectivity index (χ4n) is 3.77. The number of nitrogens with one attached hydrogen (secondary N) is 1. The van der Waals surface area contributed by atoms with Gasteiger partial charge in [0.05, 0.1) is 30.5 Å². The quantitative estimate of drug-likeness (QED) is 0.472. The topological polar surface area (TPSA) is 62.6 Å². The summed E-state index contributed by atoms with van der Waals surface area (Å²) >= 11 is 2.12. The molecule has 0 aliphatic carbocycles. The average molecular weight is 536 g/mol. The molecule has 0 spiro atoms. The minimum absolute atomic E-state index is 0.0695. The van der Waals surface area contributed by atoms with Crippen LogP contribution in [0.3, 0.4) is 0 Å². The Labute approximate surface area is 191 Å². The molecule has 31 heavy (non-hydrogen) atoms. The van der Waals surface area contributed by atoms with E-state index in [9.17, 15) is 18.4 Å². The molecule has 2 aromatic carbocycles. The van der Waals surface area contributed by atoms with Gasteiger partial charge < -0.3 is 14.6 Å². The normalized spacial score (nSPS) is 14.6. The number of carbonyl (C=O) groups is 2. The second-order valence-corrected chi connectivity index (χ2v) is 9.04. The number of nitrogens with zero attached hydrogens (tertiary/aromatic N) is 1. The summed E-state index contributed by atoms with van der Waals surface area (Å²) in [6.07, 6.45) is 1.53. The lowest BCUT2D eigenvalue weighted by atomic mass is 9.86. The average Bonchev–Trinajstić information content (AvgIpc) is 3.30. The highest BCUT2D eigenvalue weighted by molar-refractivity contribution is 14.1. The van der Waals surface area contributed by atoms with Crippen molar-refractivity contribution in [2.75, 3.05) is 4.90 Å². The molecule has 160 valence electrons. The molecule has 5 nitrogen and oxygen atoms in total. The van der Waals surface area contributed by atoms with Crippen LogP contribution in [-0.4, -0.2) is 11.8 Å². The Kier molecular flexibility index (Phi) is 5.59. The van der Waals surface area contributed by atoms with E-state index in [1.807, 2.05) is 13.8 Å². The van der Waals surface area contributed by atoms with E-state index in [4.69, 9.17) is 4.42 Å². The predicted octanol–water partition coefficient (Wildman–Crippen LogP) is 4.92. The van der Waals surface area contributed by atoms with Crippen LogP contribution >= 0.6 is 22.6 Å². The number of carbonyl (C=O) groups excluding carboxylic acids is 2. The van der Waals surface area contributed by atoms with E-state index in [0.717, 1.165) is 21.3 Å². The Bertz CT molecular complexity index is 1180. The van der Waals surface area contributed by atoms with Crippen LogP contribution in [0.5, 0.6) is 0 Å². The largest absolute Gasteiger partial charge is 0.467 e. The van der Waals surface area contributed by atoms with Crippen molar-refractivity contribution in [2.45, 2.75) is 32.4 Å². The molecule has 1 aliphatic rings. The zero-order valence-electron chi connectivity index (χ0n) is 16.8. The minimum Gasteiger partial charge on any atom is -0.467 e. The van der Waals surface area contributed by atoms with Crippen LogP contribution in [0, 0.1) is 15.2 Å². The number of anilines is 1. The Hall–Kier alpha value is -2.75. The summed E-state index contributed by atoms with van der Waals surface area (Å²) in [5, 5.41) is 2.80. The number of hydrogen-bond donors (Lipinski definition) is 1. The van der Waals surface area contributed by atoms with Gasteiger partial charge in [0.2, 0.25) is 5.91 Å². The zero-order chi connectivity index (χ0) is 22.3. The smallest absolute Gasteiger partial charge is 0.251 e. The highest BCUT2D eigenvalue weighted by Crippen LogP contribution is 2.45. The Morgan fingerprint density at radius 2 is 1.94 bits per heavy atom. The molecule has 4 rings (SSSR count). The van der Waals surface area contributed by atoms with Gasteiger partial charge in [-0.3, -0.25) is 9.59 Å². The molecule has 2 amide bonds. The molecule has 0 saturated carbocycles. The second kappa shape index (κ2) is 8.07. The Balaban J connectivity index is 1.68. The first kappa shape index (κ1) is 21.5. The molecule has 3 aromatic rings. The van der Waals surface area contributed by atoms with Crippen LogP contribution in [0.25, 0.3) is 0 Å². The molecule has 0 radical (unpaired) electrons. The SMILES string of the molecule is CC1(C)C(=O)N(Cc2ccc(F)c(F)c2)c2cc(C(=O)NCc3ccco3)cc(I)c21. The standard InChI is InChI=1S/C23H19F2IN2O3/c1-23(2)20-18(26)9-14(21(29)27-11-15-4-3-7-31-15)10-19(20)28(22(23)30)12-13-5-6-16(24)17(25)8-13/h3-10H,11-12H2,1-2H3,(H,27,29). The van der Waals surface area contributed by atoms with E-state index < -0.39 is 17.0 Å². The Morgan fingerprint density at radius 1 is 1.16 bits per heavy atom. The number of amides is 2. The van der Waals surface area contributed by atoms with E-state index in [-0.39, 0.29) is 24.9 Å². The molecule has 0 atom stereocenters. The third-order valence-electron chi connectivity index (χ3n) is 5.36. The predicted molar refractivity (Wildman–Crippen MR) is 120 cm³/mol. The monoisotopic (exact) mass is 536 g/mol. The van der Waals surface area contributed by atoms with E-state index in [2.05, 4.69) is 27.9 Å². The number of benzene rings is 2. The van der Waals surface area contributed by atoms with Gasteiger partial charge in [-0.15, -0.1) is 0 Å². The number of furan rings is 1. The zero-order valence-corrected chi connectivity index (χ0v) is 19.0. The van der Waals surface area contributed by atoms with Gasteiger partial charge in [0.1, 0.15) is 5.76 Å². The van der Waals surface area contributed by atoms with Gasteiger partial charge in [-0.25, -0.2) is 8.78 Å². The van der Waals surface area contributed by atoms with Crippen LogP contribution < -0.4 is 10.2 Å². The third kappa shape index (κ3) is 3.96. The number of fused-ring (bicyclic) bond motifs is 1. The molecule has 1 aromatic heterocycles. The second-order valence-electron chi connectivity index (χ2n) is 7.88. The van der Waals surface area contributed by atoms with Crippen LogP contribution in [-0.2, 0) is 23.3 Å². The molecule has 0 saturated heterocycles. The van der Waals surface area contributed by atoms with Gasteiger partial charge in [0.15, 0.2) is 11.6 Å². The molecule has 8 heteroatoms. The molecule has 0 bridgehead atoms. The van der Waals surface area contributed by atoms with Crippen LogP contribution in [0.15, 0.2) is 53.1 Å². The van der Waals surface area contributed by atoms with Crippen molar-refractivity contribution in [2.24, 2.45) is 0 Å². The molecule has 0 unspecified atom stereocenters. The van der Waals surface area contributed by atoms with Gasteiger partial charge in [0.25, 0.3) is 5.91 Å². The first-order valence-corrected chi connectivity index (χ1v) is 10.7. The molecule has 1 N–H and O–H groups in total. The van der Waals surface area contributed by atoms with Crippen LogP contribution in [0.4, 0.5) is 14.5 Å². The van der Waals surface area contributed by atoms with E-state index >= 15 is 0 Å². The van der Waals surface area contributed by atoms with Crippen molar-refractivity contribution < 1.29 is 22.8 Å². The third-order valence-corrected chi connectivity index (χ3v) is 6.21. The molecular weight excluding hydrogens is 517 g/mol. The van der Waals surface area contributed by atoms with Gasteiger partial charge in [-0.2, -0.15) is 0 Å². The first-order chi connectivity index (χ1) is 14.7. The van der Waals surface area contributed by atoms with Gasteiger partial charge in [0, 0.05) is 14.7 Å². The van der Waals surface area contributed by atoms with Crippen molar-refractivity contribution >= 4 is 40.1 Å². The fourth-order valence-corrected chi connectivity index (χ4v) is 5.05. The highest BCUT2D eigenvalue weighted by atomic mass is 127. The van der Waals surface area contributed by atoms with E-state index in [0.29, 0.717) is 22.6 Å². The van der Waals surface area contributed by atoms with Gasteiger partial charge >= 0.3 is 0 Å². The summed E-state index contributed by atoms with van der Waals surface area (Å²) in [4.78, 5) is 27.4. The first-order valence-electron chi connectivity index (χ1n) is 9.59. The maximum Gasteiger partial charge on any atom is 0.251 e. The minimum atomic E-state index is -0.968. The summed E-state index contributed by atoms with van der Waals surface area (Å²) < 4.78 is 33.0. The lowest BCUT2D eigenvalue weighted by molar-refractivity contribution is -0.122. The fraction of sp³-hybridized carbons (Fsp3) is 0.217. The van der Waals surface area contributed by atoms with Crippen molar-refractivity contribution in [3.63, 3.8) is 0 Å². The summed E-state index contributed by atoms with van der Waals surface area (Å²) in [6.45, 7) is 3.94. The van der Waals surface area contributed by atoms with E-state index in [1.165, 1.54) is 17.2 Å². The maximum atomic E-state index is 13.7. The van der Waals surface area contributed by atoms with Gasteiger partial charge in [-0.1, -0.05) is 6.07 Å². The molecule has 1 aliphatic heterocycles. The summed E-state index contributed by atoms with van der Waals surface area (Å²) in [5.41, 5.74) is 1.44. The van der Waals surface area contributed by atoms with Gasteiger partial charge in [-0.05, 0) is 78.4 Å². The summed E-state index contributed by atoms with van der Waals surface area (Å²) in [7, 11) is 0. The lowest BCUT2D eigenvalue weighted by Gasteiger charge is -2.20. The number of halogens is 3. The lowest BCUT2D eigenvalue weighted by Crippen LogP contribution is -2.35. The Morgan fingerprint density at radius 3 is 2.61 bits per heavy atom. The maximum absolute atomic E-state index is 13.7. The molecule has 0 fully saturated rings. The molecular formula is C23H19F2IN2O3. The van der Waals surface area contributed by atoms with Crippen molar-refractivity contribution in [3.8, 4) is 0 Å². The van der Waals surface area contributed by atoms with Crippen LogP contribution in [0.2, 0.25) is 0 Å². The molecule has 2 heterocycles. The van der Waals surface area contributed by atoms with Crippen molar-refractivity contribution in [3.05, 3.63) is 86.4 Å². The number of rotatable bonds is 5. The summed E-state index contributed by atoms with van der Waals surface area (Å²) in [6, 6.07) is 10.5. The number of hydrogen-bond acceptors (Lipinski definition) is 3. The van der Waals surface area contributed by atoms with E-state index in [1.54, 1.807) is 24.3 Å². The van der Waals surface area contributed by atoms with Crippen LogP contribution in [0.1, 0.15) is 41.1 Å².